The summed E-state index contributed by atoms with van der Waals surface area (Å²) in [7, 11) is 0. The van der Waals surface area contributed by atoms with E-state index in [0.717, 1.165) is 21.6 Å². The molecule has 1 aliphatic heterocycles. The summed E-state index contributed by atoms with van der Waals surface area (Å²) in [6, 6.07) is 15.2. The SMILES string of the molecule is O=C(Cc1ccccc1)Nn1c(O)c(/C=C2\C=NN=C2c2cccc([N+](=O)[O-])c2)sc1=S. The highest BCUT2D eigenvalue weighted by Gasteiger charge is 2.19. The Kier molecular flexibility index (Phi) is 6.01. The number of thiazole rings is 1. The van der Waals surface area contributed by atoms with Gasteiger partial charge in [0, 0.05) is 23.3 Å². The predicted molar refractivity (Wildman–Crippen MR) is 125 cm³/mol. The van der Waals surface area contributed by atoms with Crippen LogP contribution in [0.3, 0.4) is 0 Å². The van der Waals surface area contributed by atoms with Crippen molar-refractivity contribution in [3.8, 4) is 5.88 Å². The maximum atomic E-state index is 12.4. The van der Waals surface area contributed by atoms with Crippen LogP contribution in [0.5, 0.6) is 5.88 Å². The van der Waals surface area contributed by atoms with E-state index < -0.39 is 4.92 Å². The average molecular weight is 466 g/mol. The minimum atomic E-state index is -0.487. The van der Waals surface area contributed by atoms with Gasteiger partial charge in [-0.2, -0.15) is 9.78 Å². The van der Waals surface area contributed by atoms with Crippen LogP contribution in [0.2, 0.25) is 0 Å². The van der Waals surface area contributed by atoms with Crippen LogP contribution in [0.15, 0.2) is 70.4 Å². The Balaban J connectivity index is 1.58. The number of nitrogens with one attached hydrogen (secondary N) is 1. The van der Waals surface area contributed by atoms with Gasteiger partial charge in [-0.3, -0.25) is 20.3 Å². The molecule has 2 heterocycles. The highest BCUT2D eigenvalue weighted by atomic mass is 32.1. The molecule has 2 aromatic carbocycles. The fourth-order valence-electron chi connectivity index (χ4n) is 3.03. The number of nitro groups is 1. The van der Waals surface area contributed by atoms with E-state index in [0.29, 0.717) is 21.7 Å². The maximum Gasteiger partial charge on any atom is 0.270 e. The summed E-state index contributed by atoms with van der Waals surface area (Å²) in [5.74, 6) is -0.562. The van der Waals surface area contributed by atoms with E-state index in [-0.39, 0.29) is 27.8 Å². The number of nitrogens with zero attached hydrogens (tertiary/aromatic N) is 4. The van der Waals surface area contributed by atoms with Crippen molar-refractivity contribution in [2.45, 2.75) is 6.42 Å². The van der Waals surface area contributed by atoms with E-state index in [9.17, 15) is 20.0 Å². The van der Waals surface area contributed by atoms with Crippen LogP contribution in [0.25, 0.3) is 6.08 Å². The van der Waals surface area contributed by atoms with Gasteiger partial charge >= 0.3 is 0 Å². The summed E-state index contributed by atoms with van der Waals surface area (Å²) in [6.45, 7) is 0. The molecule has 9 nitrogen and oxygen atoms in total. The summed E-state index contributed by atoms with van der Waals surface area (Å²) in [4.78, 5) is 23.3. The van der Waals surface area contributed by atoms with Crippen LogP contribution in [-0.4, -0.2) is 32.5 Å². The standard InChI is InChI=1S/C21H15N5O4S2/c27-18(9-13-5-2-1-3-6-13)24-25-20(28)17(32-21(25)31)11-15-12-22-23-19(15)14-7-4-8-16(10-14)26(29)30/h1-8,10-12,28H,9H2,(H,24,27)/b15-11+. The van der Waals surface area contributed by atoms with Crippen molar-refractivity contribution >= 4 is 53.2 Å². The summed E-state index contributed by atoms with van der Waals surface area (Å²) >= 11 is 6.38. The molecule has 1 amide bonds. The zero-order valence-corrected chi connectivity index (χ0v) is 18.0. The molecule has 3 aromatic rings. The fourth-order valence-corrected chi connectivity index (χ4v) is 4.21. The number of nitro benzene ring substituents is 1. The van der Waals surface area contributed by atoms with Gasteiger partial charge in [0.05, 0.1) is 22.4 Å². The van der Waals surface area contributed by atoms with Crippen LogP contribution in [0, 0.1) is 14.1 Å². The number of aromatic hydroxyl groups is 1. The molecule has 0 saturated heterocycles. The summed E-state index contributed by atoms with van der Waals surface area (Å²) < 4.78 is 1.40. The Morgan fingerprint density at radius 2 is 2.03 bits per heavy atom. The topological polar surface area (TPSA) is 122 Å². The molecule has 0 fully saturated rings. The lowest BCUT2D eigenvalue weighted by Gasteiger charge is -2.07. The molecule has 0 bridgehead atoms. The second-order valence-electron chi connectivity index (χ2n) is 6.69. The highest BCUT2D eigenvalue weighted by Crippen LogP contribution is 2.29. The van der Waals surface area contributed by atoms with E-state index in [4.69, 9.17) is 12.2 Å². The van der Waals surface area contributed by atoms with Crippen LogP contribution in [-0.2, 0) is 11.2 Å². The van der Waals surface area contributed by atoms with Crippen molar-refractivity contribution in [1.82, 2.24) is 4.68 Å². The molecule has 11 heteroatoms. The Labute approximate surface area is 190 Å². The number of amides is 1. The third kappa shape index (κ3) is 4.53. The van der Waals surface area contributed by atoms with Gasteiger partial charge in [-0.25, -0.2) is 0 Å². The number of allylic oxidation sites excluding steroid dienone is 1. The molecule has 4 rings (SSSR count). The predicted octanol–water partition coefficient (Wildman–Crippen LogP) is 4.08. The summed E-state index contributed by atoms with van der Waals surface area (Å²) in [5.41, 5.74) is 4.84. The number of carbonyl (C=O) groups excluding carboxylic acids is 1. The maximum absolute atomic E-state index is 12.4. The van der Waals surface area contributed by atoms with Crippen LogP contribution < -0.4 is 5.43 Å². The Bertz CT molecular complexity index is 1360. The van der Waals surface area contributed by atoms with Crippen LogP contribution in [0.4, 0.5) is 5.69 Å². The number of aromatic nitrogens is 1. The monoisotopic (exact) mass is 465 g/mol. The third-order valence-corrected chi connectivity index (χ3v) is 5.81. The molecule has 0 spiro atoms. The fraction of sp³-hybridized carbons (Fsp3) is 0.0476. The molecule has 0 radical (unpaired) electrons. The lowest BCUT2D eigenvalue weighted by molar-refractivity contribution is -0.384. The Hall–Kier alpha value is -3.96. The second kappa shape index (κ2) is 9.04. The largest absolute Gasteiger partial charge is 0.492 e. The van der Waals surface area contributed by atoms with E-state index in [1.807, 2.05) is 30.3 Å². The molecule has 0 saturated carbocycles. The smallest absolute Gasteiger partial charge is 0.270 e. The first-order valence-corrected chi connectivity index (χ1v) is 10.5. The van der Waals surface area contributed by atoms with Gasteiger partial charge in [-0.05, 0) is 23.9 Å². The van der Waals surface area contributed by atoms with E-state index in [1.54, 1.807) is 18.2 Å². The molecular weight excluding hydrogens is 450 g/mol. The molecule has 0 atom stereocenters. The van der Waals surface area contributed by atoms with Gasteiger partial charge < -0.3 is 5.11 Å². The molecule has 32 heavy (non-hydrogen) atoms. The van der Waals surface area contributed by atoms with Crippen molar-refractivity contribution in [2.75, 3.05) is 5.43 Å². The number of hydrogen-bond donors (Lipinski definition) is 2. The van der Waals surface area contributed by atoms with E-state index in [2.05, 4.69) is 15.6 Å². The first-order chi connectivity index (χ1) is 15.4. The van der Waals surface area contributed by atoms with Gasteiger partial charge in [0.25, 0.3) is 5.69 Å². The number of benzene rings is 2. The van der Waals surface area contributed by atoms with Gasteiger partial charge in [0.1, 0.15) is 5.71 Å². The van der Waals surface area contributed by atoms with Gasteiger partial charge in [-0.1, -0.05) is 53.8 Å². The first kappa shape index (κ1) is 21.3. The minimum absolute atomic E-state index is 0.0674. The summed E-state index contributed by atoms with van der Waals surface area (Å²) in [6.07, 6.45) is 3.23. The number of carbonyl (C=O) groups is 1. The van der Waals surface area contributed by atoms with Gasteiger partial charge in [0.15, 0.2) is 3.95 Å². The van der Waals surface area contributed by atoms with Crippen LogP contribution >= 0.6 is 23.6 Å². The average Bonchev–Trinajstić information content (AvgIpc) is 3.34. The lowest BCUT2D eigenvalue weighted by Crippen LogP contribution is -2.24. The lowest BCUT2D eigenvalue weighted by atomic mass is 10.0. The Morgan fingerprint density at radius 3 is 2.78 bits per heavy atom. The second-order valence-corrected chi connectivity index (χ2v) is 8.36. The van der Waals surface area contributed by atoms with Gasteiger partial charge in [0.2, 0.25) is 11.8 Å². The van der Waals surface area contributed by atoms with Gasteiger partial charge in [-0.15, -0.1) is 5.10 Å². The normalized spacial score (nSPS) is 13.9. The molecule has 160 valence electrons. The molecule has 1 aromatic heterocycles. The minimum Gasteiger partial charge on any atom is -0.492 e. The highest BCUT2D eigenvalue weighted by molar-refractivity contribution is 7.73. The van der Waals surface area contributed by atoms with Crippen molar-refractivity contribution < 1.29 is 14.8 Å². The Morgan fingerprint density at radius 1 is 1.25 bits per heavy atom. The summed E-state index contributed by atoms with van der Waals surface area (Å²) in [5, 5.41) is 29.6. The quantitative estimate of drug-likeness (QED) is 0.323. The number of non-ortho nitro benzene ring substituents is 1. The molecule has 2 N–H and O–H groups in total. The van der Waals surface area contributed by atoms with E-state index in [1.165, 1.54) is 18.3 Å². The number of hydrogen-bond acceptors (Lipinski definition) is 8. The van der Waals surface area contributed by atoms with Crippen molar-refractivity contribution in [1.29, 1.82) is 0 Å². The molecule has 0 unspecified atom stereocenters. The van der Waals surface area contributed by atoms with Crippen molar-refractivity contribution in [3.63, 3.8) is 0 Å². The first-order valence-electron chi connectivity index (χ1n) is 9.29. The third-order valence-electron chi connectivity index (χ3n) is 4.50. The molecule has 1 aliphatic rings. The zero-order valence-electron chi connectivity index (χ0n) is 16.3. The van der Waals surface area contributed by atoms with Crippen molar-refractivity contribution in [2.24, 2.45) is 10.2 Å². The number of rotatable bonds is 6. The zero-order chi connectivity index (χ0) is 22.7. The van der Waals surface area contributed by atoms with Crippen LogP contribution in [0.1, 0.15) is 16.0 Å². The van der Waals surface area contributed by atoms with Crippen molar-refractivity contribution in [3.05, 3.63) is 90.2 Å². The molecular formula is C21H15N5O4S2. The molecule has 0 aliphatic carbocycles. The van der Waals surface area contributed by atoms with E-state index >= 15 is 0 Å².